The molecule has 0 amide bonds. The van der Waals surface area contributed by atoms with Gasteiger partial charge in [-0.1, -0.05) is 42.3 Å². The third-order valence-corrected chi connectivity index (χ3v) is 4.68. The quantitative estimate of drug-likeness (QED) is 0.671. The first-order valence-electron chi connectivity index (χ1n) is 8.15. The Morgan fingerprint density at radius 3 is 2.44 bits per heavy atom. The van der Waals surface area contributed by atoms with E-state index in [0.29, 0.717) is 28.1 Å². The number of aliphatic hydroxyl groups is 1. The van der Waals surface area contributed by atoms with Crippen molar-refractivity contribution in [2.24, 2.45) is 0 Å². The predicted molar refractivity (Wildman–Crippen MR) is 102 cm³/mol. The minimum absolute atomic E-state index is 0.0873. The largest absolute Gasteiger partial charge is 0.493 e. The van der Waals surface area contributed by atoms with Crippen LogP contribution in [0.2, 0.25) is 10.0 Å². The molecule has 0 saturated heterocycles. The summed E-state index contributed by atoms with van der Waals surface area (Å²) in [4.78, 5) is 0. The summed E-state index contributed by atoms with van der Waals surface area (Å²) in [5.74, 6) is 1.26. The average molecular weight is 384 g/mol. The average Bonchev–Trinajstić information content (AvgIpc) is 2.62. The topological polar surface area (TPSA) is 50.7 Å². The highest BCUT2D eigenvalue weighted by atomic mass is 35.5. The van der Waals surface area contributed by atoms with Crippen LogP contribution < -0.4 is 14.8 Å². The Morgan fingerprint density at radius 2 is 1.84 bits per heavy atom. The van der Waals surface area contributed by atoms with Crippen molar-refractivity contribution in [2.45, 2.75) is 32.5 Å². The molecule has 0 bridgehead atoms. The third kappa shape index (κ3) is 5.51. The molecule has 6 heteroatoms. The first-order valence-corrected chi connectivity index (χ1v) is 8.91. The van der Waals surface area contributed by atoms with Crippen LogP contribution in [0.5, 0.6) is 11.5 Å². The first kappa shape index (κ1) is 19.9. The fourth-order valence-electron chi connectivity index (χ4n) is 2.36. The van der Waals surface area contributed by atoms with E-state index in [2.05, 4.69) is 5.32 Å². The number of ether oxygens (including phenoxy) is 2. The standard InChI is InChI=1S/C19H23Cl2NO3/c1-3-14(11-23)22-10-13-7-8-18(19(9-13)24-2)25-12-15-16(20)5-4-6-17(15)21/h4-9,14,22-23H,3,10-12H2,1-2H3/t14-/m1/s1. The van der Waals surface area contributed by atoms with E-state index in [0.717, 1.165) is 17.5 Å². The Labute approximate surface area is 158 Å². The van der Waals surface area contributed by atoms with Gasteiger partial charge in [0.1, 0.15) is 6.61 Å². The summed E-state index contributed by atoms with van der Waals surface area (Å²) in [5.41, 5.74) is 1.79. The Balaban J connectivity index is 2.06. The molecule has 0 unspecified atom stereocenters. The number of hydrogen-bond donors (Lipinski definition) is 2. The maximum Gasteiger partial charge on any atom is 0.161 e. The SMILES string of the molecule is CC[C@H](CO)NCc1ccc(OCc2c(Cl)cccc2Cl)c(OC)c1. The monoisotopic (exact) mass is 383 g/mol. The smallest absolute Gasteiger partial charge is 0.161 e. The molecule has 1 atom stereocenters. The number of methoxy groups -OCH3 is 1. The van der Waals surface area contributed by atoms with Crippen LogP contribution in [-0.2, 0) is 13.2 Å². The number of rotatable bonds is 9. The molecule has 2 N–H and O–H groups in total. The maximum absolute atomic E-state index is 9.24. The van der Waals surface area contributed by atoms with Crippen LogP contribution in [0.3, 0.4) is 0 Å². The Bertz CT molecular complexity index is 670. The molecule has 0 aliphatic rings. The molecule has 0 fully saturated rings. The van der Waals surface area contributed by atoms with Gasteiger partial charge in [-0.2, -0.15) is 0 Å². The summed E-state index contributed by atoms with van der Waals surface area (Å²) in [7, 11) is 1.60. The van der Waals surface area contributed by atoms with Gasteiger partial charge in [0.15, 0.2) is 11.5 Å². The minimum Gasteiger partial charge on any atom is -0.493 e. The number of aliphatic hydroxyl groups excluding tert-OH is 1. The van der Waals surface area contributed by atoms with Crippen molar-refractivity contribution in [1.29, 1.82) is 0 Å². The van der Waals surface area contributed by atoms with Crippen LogP contribution in [0.1, 0.15) is 24.5 Å². The molecule has 0 saturated carbocycles. The summed E-state index contributed by atoms with van der Waals surface area (Å²) in [6.45, 7) is 3.06. The molecule has 0 aliphatic carbocycles. The first-order chi connectivity index (χ1) is 12.1. The normalized spacial score (nSPS) is 12.0. The van der Waals surface area contributed by atoms with Crippen molar-refractivity contribution in [3.63, 3.8) is 0 Å². The Hall–Kier alpha value is -1.46. The van der Waals surface area contributed by atoms with Gasteiger partial charge in [0.05, 0.1) is 13.7 Å². The summed E-state index contributed by atoms with van der Waals surface area (Å²) < 4.78 is 11.3. The number of benzene rings is 2. The van der Waals surface area contributed by atoms with Crippen molar-refractivity contribution < 1.29 is 14.6 Å². The summed E-state index contributed by atoms with van der Waals surface area (Å²) in [5, 5.41) is 13.7. The lowest BCUT2D eigenvalue weighted by atomic mass is 10.1. The fourth-order valence-corrected chi connectivity index (χ4v) is 2.87. The molecular weight excluding hydrogens is 361 g/mol. The van der Waals surface area contributed by atoms with Gasteiger partial charge in [-0.25, -0.2) is 0 Å². The minimum atomic E-state index is 0.0873. The molecular formula is C19H23Cl2NO3. The van der Waals surface area contributed by atoms with Gasteiger partial charge in [-0.3, -0.25) is 0 Å². The summed E-state index contributed by atoms with van der Waals surface area (Å²) >= 11 is 12.3. The van der Waals surface area contributed by atoms with E-state index in [1.54, 1.807) is 25.3 Å². The van der Waals surface area contributed by atoms with Gasteiger partial charge in [0.25, 0.3) is 0 Å². The molecule has 2 aromatic rings. The molecule has 0 radical (unpaired) electrons. The zero-order chi connectivity index (χ0) is 18.2. The summed E-state index contributed by atoms with van der Waals surface area (Å²) in [6, 6.07) is 11.2. The lowest BCUT2D eigenvalue weighted by Gasteiger charge is -2.16. The second kappa shape index (κ2) is 9.88. The van der Waals surface area contributed by atoms with Gasteiger partial charge in [0.2, 0.25) is 0 Å². The van der Waals surface area contributed by atoms with E-state index in [4.69, 9.17) is 32.7 Å². The van der Waals surface area contributed by atoms with E-state index in [-0.39, 0.29) is 19.3 Å². The Morgan fingerprint density at radius 1 is 1.12 bits per heavy atom. The van der Waals surface area contributed by atoms with Crippen LogP contribution in [0.25, 0.3) is 0 Å². The maximum atomic E-state index is 9.24. The number of halogens is 2. The predicted octanol–water partition coefficient (Wildman–Crippen LogP) is 4.44. The molecule has 0 aromatic heterocycles. The summed E-state index contributed by atoms with van der Waals surface area (Å²) in [6.07, 6.45) is 0.868. The molecule has 2 rings (SSSR count). The fraction of sp³-hybridized carbons (Fsp3) is 0.368. The molecule has 0 aliphatic heterocycles. The van der Waals surface area contributed by atoms with Crippen molar-refractivity contribution >= 4 is 23.2 Å². The van der Waals surface area contributed by atoms with Crippen molar-refractivity contribution in [3.8, 4) is 11.5 Å². The molecule has 136 valence electrons. The van der Waals surface area contributed by atoms with E-state index >= 15 is 0 Å². The van der Waals surface area contributed by atoms with E-state index in [1.165, 1.54) is 0 Å². The van der Waals surface area contributed by atoms with Gasteiger partial charge < -0.3 is 19.9 Å². The van der Waals surface area contributed by atoms with Gasteiger partial charge >= 0.3 is 0 Å². The Kier molecular flexibility index (Phi) is 7.85. The van der Waals surface area contributed by atoms with Crippen LogP contribution in [0, 0.1) is 0 Å². The number of nitrogens with one attached hydrogen (secondary N) is 1. The van der Waals surface area contributed by atoms with Crippen LogP contribution in [0.4, 0.5) is 0 Å². The highest BCUT2D eigenvalue weighted by Gasteiger charge is 2.11. The van der Waals surface area contributed by atoms with E-state index < -0.39 is 0 Å². The van der Waals surface area contributed by atoms with Gasteiger partial charge in [-0.05, 0) is 36.2 Å². The van der Waals surface area contributed by atoms with E-state index in [1.807, 2.05) is 25.1 Å². The van der Waals surface area contributed by atoms with Crippen molar-refractivity contribution in [3.05, 3.63) is 57.6 Å². The lowest BCUT2D eigenvalue weighted by molar-refractivity contribution is 0.238. The molecule has 2 aromatic carbocycles. The van der Waals surface area contributed by atoms with Gasteiger partial charge in [-0.15, -0.1) is 0 Å². The van der Waals surface area contributed by atoms with Crippen LogP contribution in [0.15, 0.2) is 36.4 Å². The molecule has 0 heterocycles. The molecule has 0 spiro atoms. The molecule has 4 nitrogen and oxygen atoms in total. The van der Waals surface area contributed by atoms with Crippen molar-refractivity contribution in [1.82, 2.24) is 5.32 Å². The van der Waals surface area contributed by atoms with Crippen molar-refractivity contribution in [2.75, 3.05) is 13.7 Å². The lowest BCUT2D eigenvalue weighted by Crippen LogP contribution is -2.31. The number of hydrogen-bond acceptors (Lipinski definition) is 4. The highest BCUT2D eigenvalue weighted by molar-refractivity contribution is 6.35. The zero-order valence-electron chi connectivity index (χ0n) is 14.4. The molecule has 25 heavy (non-hydrogen) atoms. The van der Waals surface area contributed by atoms with E-state index in [9.17, 15) is 5.11 Å². The highest BCUT2D eigenvalue weighted by Crippen LogP contribution is 2.31. The second-order valence-corrected chi connectivity index (χ2v) is 6.46. The second-order valence-electron chi connectivity index (χ2n) is 5.64. The zero-order valence-corrected chi connectivity index (χ0v) is 15.9. The van der Waals surface area contributed by atoms with Crippen LogP contribution >= 0.6 is 23.2 Å². The van der Waals surface area contributed by atoms with Gasteiger partial charge in [0, 0.05) is 28.2 Å². The third-order valence-electron chi connectivity index (χ3n) is 3.97. The van der Waals surface area contributed by atoms with Crippen LogP contribution in [-0.4, -0.2) is 24.9 Å².